The molecule has 1 saturated heterocycles. The van der Waals surface area contributed by atoms with Gasteiger partial charge in [-0.1, -0.05) is 0 Å². The van der Waals surface area contributed by atoms with E-state index in [0.717, 1.165) is 0 Å². The molecule has 0 atom stereocenters. The Morgan fingerprint density at radius 3 is 2.80 bits per heavy atom. The summed E-state index contributed by atoms with van der Waals surface area (Å²) >= 11 is 0. The molecule has 0 aromatic carbocycles. The van der Waals surface area contributed by atoms with Crippen LogP contribution in [0.5, 0.6) is 0 Å². The van der Waals surface area contributed by atoms with Gasteiger partial charge in [-0.3, -0.25) is 9.48 Å². The lowest BCUT2D eigenvalue weighted by Crippen LogP contribution is -2.41. The molecule has 0 radical (unpaired) electrons. The summed E-state index contributed by atoms with van der Waals surface area (Å²) in [5, 5.41) is 13.3. The van der Waals surface area contributed by atoms with Gasteiger partial charge in [-0.2, -0.15) is 5.10 Å². The van der Waals surface area contributed by atoms with Crippen LogP contribution in [-0.2, 0) is 11.3 Å². The SMILES string of the molecule is O=C(Cn1cccn1)N1CCC(O)CC1. The number of aromatic nitrogens is 2. The monoisotopic (exact) mass is 209 g/mol. The fraction of sp³-hybridized carbons (Fsp3) is 0.600. The molecule has 0 aliphatic carbocycles. The number of amides is 1. The standard InChI is InChI=1S/C10H15N3O2/c14-9-2-6-12(7-3-9)10(15)8-13-5-1-4-11-13/h1,4-5,9,14H,2-3,6-8H2. The predicted octanol–water partition coefficient (Wildman–Crippen LogP) is -0.134. The van der Waals surface area contributed by atoms with Crippen molar-refractivity contribution in [1.29, 1.82) is 0 Å². The molecule has 0 unspecified atom stereocenters. The molecule has 1 aliphatic heterocycles. The molecular formula is C10H15N3O2. The molecule has 0 spiro atoms. The second-order valence-corrected chi connectivity index (χ2v) is 3.82. The summed E-state index contributed by atoms with van der Waals surface area (Å²) in [6, 6.07) is 1.80. The van der Waals surface area contributed by atoms with E-state index in [1.54, 1.807) is 28.0 Å². The van der Waals surface area contributed by atoms with Crippen molar-refractivity contribution < 1.29 is 9.90 Å². The number of likely N-dealkylation sites (tertiary alicyclic amines) is 1. The summed E-state index contributed by atoms with van der Waals surface area (Å²) in [7, 11) is 0. The van der Waals surface area contributed by atoms with E-state index in [0.29, 0.717) is 32.5 Å². The predicted molar refractivity (Wildman–Crippen MR) is 54.0 cm³/mol. The molecule has 0 saturated carbocycles. The third kappa shape index (κ3) is 2.56. The summed E-state index contributed by atoms with van der Waals surface area (Å²) in [4.78, 5) is 13.5. The maximum atomic E-state index is 11.8. The summed E-state index contributed by atoms with van der Waals surface area (Å²) < 4.78 is 1.62. The van der Waals surface area contributed by atoms with Gasteiger partial charge in [-0.15, -0.1) is 0 Å². The van der Waals surface area contributed by atoms with Crippen molar-refractivity contribution in [2.75, 3.05) is 13.1 Å². The van der Waals surface area contributed by atoms with E-state index < -0.39 is 0 Å². The maximum Gasteiger partial charge on any atom is 0.244 e. The highest BCUT2D eigenvalue weighted by Gasteiger charge is 2.21. The molecule has 15 heavy (non-hydrogen) atoms. The van der Waals surface area contributed by atoms with Gasteiger partial charge in [-0.25, -0.2) is 0 Å². The quantitative estimate of drug-likeness (QED) is 0.738. The van der Waals surface area contributed by atoms with Gasteiger partial charge in [0.25, 0.3) is 0 Å². The van der Waals surface area contributed by atoms with Gasteiger partial charge in [0.1, 0.15) is 6.54 Å². The third-order valence-electron chi connectivity index (χ3n) is 2.67. The number of nitrogens with zero attached hydrogens (tertiary/aromatic N) is 3. The number of piperidine rings is 1. The largest absolute Gasteiger partial charge is 0.393 e. The highest BCUT2D eigenvalue weighted by molar-refractivity contribution is 5.75. The van der Waals surface area contributed by atoms with Crippen LogP contribution in [-0.4, -0.2) is 44.9 Å². The second-order valence-electron chi connectivity index (χ2n) is 3.82. The van der Waals surface area contributed by atoms with Crippen LogP contribution >= 0.6 is 0 Å². The number of rotatable bonds is 2. The minimum absolute atomic E-state index is 0.0746. The van der Waals surface area contributed by atoms with Crippen LogP contribution in [0.25, 0.3) is 0 Å². The van der Waals surface area contributed by atoms with Gasteiger partial charge < -0.3 is 10.0 Å². The van der Waals surface area contributed by atoms with Gasteiger partial charge in [0, 0.05) is 25.5 Å². The first-order chi connectivity index (χ1) is 7.25. The van der Waals surface area contributed by atoms with Gasteiger partial charge in [0.15, 0.2) is 0 Å². The first-order valence-corrected chi connectivity index (χ1v) is 5.19. The zero-order valence-corrected chi connectivity index (χ0v) is 8.54. The zero-order chi connectivity index (χ0) is 10.7. The minimum atomic E-state index is -0.237. The molecule has 2 heterocycles. The van der Waals surface area contributed by atoms with Crippen molar-refractivity contribution in [3.05, 3.63) is 18.5 Å². The molecule has 1 aromatic rings. The summed E-state index contributed by atoms with van der Waals surface area (Å²) in [5.41, 5.74) is 0. The Bertz CT molecular complexity index is 315. The van der Waals surface area contributed by atoms with Crippen molar-refractivity contribution in [1.82, 2.24) is 14.7 Å². The number of aliphatic hydroxyl groups excluding tert-OH is 1. The number of carbonyl (C=O) groups excluding carboxylic acids is 1. The Balaban J connectivity index is 1.86. The van der Waals surface area contributed by atoms with Crippen molar-refractivity contribution in [3.63, 3.8) is 0 Å². The normalized spacial score (nSPS) is 18.1. The summed E-state index contributed by atoms with van der Waals surface area (Å²) in [5.74, 6) is 0.0746. The van der Waals surface area contributed by atoms with Gasteiger partial charge >= 0.3 is 0 Å². The van der Waals surface area contributed by atoms with Gasteiger partial charge in [-0.05, 0) is 18.9 Å². The highest BCUT2D eigenvalue weighted by Crippen LogP contribution is 2.10. The topological polar surface area (TPSA) is 58.4 Å². The van der Waals surface area contributed by atoms with E-state index in [1.165, 1.54) is 0 Å². The summed E-state index contributed by atoms with van der Waals surface area (Å²) in [6.45, 7) is 1.60. The number of carbonyl (C=O) groups is 1. The van der Waals surface area contributed by atoms with Gasteiger partial charge in [0.05, 0.1) is 6.10 Å². The van der Waals surface area contributed by atoms with E-state index in [-0.39, 0.29) is 12.0 Å². The minimum Gasteiger partial charge on any atom is -0.393 e. The number of aliphatic hydroxyl groups is 1. The molecule has 5 heteroatoms. The first kappa shape index (κ1) is 10.2. The number of hydrogen-bond donors (Lipinski definition) is 1. The van der Waals surface area contributed by atoms with E-state index in [1.807, 2.05) is 0 Å². The fourth-order valence-corrected chi connectivity index (χ4v) is 1.75. The van der Waals surface area contributed by atoms with Crippen LogP contribution in [0.2, 0.25) is 0 Å². The van der Waals surface area contributed by atoms with E-state index in [9.17, 15) is 9.90 Å². The third-order valence-corrected chi connectivity index (χ3v) is 2.67. The highest BCUT2D eigenvalue weighted by atomic mass is 16.3. The van der Waals surface area contributed by atoms with Gasteiger partial charge in [0.2, 0.25) is 5.91 Å². The van der Waals surface area contributed by atoms with E-state index in [4.69, 9.17) is 0 Å². The molecule has 1 fully saturated rings. The van der Waals surface area contributed by atoms with E-state index >= 15 is 0 Å². The van der Waals surface area contributed by atoms with Crippen molar-refractivity contribution >= 4 is 5.91 Å². The molecule has 82 valence electrons. The molecule has 1 aliphatic rings. The van der Waals surface area contributed by atoms with Crippen LogP contribution in [0.4, 0.5) is 0 Å². The smallest absolute Gasteiger partial charge is 0.244 e. The van der Waals surface area contributed by atoms with Crippen LogP contribution in [0.1, 0.15) is 12.8 Å². The molecule has 1 aromatic heterocycles. The Hall–Kier alpha value is -1.36. The molecule has 5 nitrogen and oxygen atoms in total. The van der Waals surface area contributed by atoms with E-state index in [2.05, 4.69) is 5.10 Å². The molecule has 2 rings (SSSR count). The van der Waals surface area contributed by atoms with Crippen molar-refractivity contribution in [2.45, 2.75) is 25.5 Å². The average molecular weight is 209 g/mol. The lowest BCUT2D eigenvalue weighted by atomic mass is 10.1. The van der Waals surface area contributed by atoms with Crippen molar-refractivity contribution in [2.24, 2.45) is 0 Å². The molecule has 1 N–H and O–H groups in total. The fourth-order valence-electron chi connectivity index (χ4n) is 1.75. The lowest BCUT2D eigenvalue weighted by molar-refractivity contribution is -0.134. The second kappa shape index (κ2) is 4.44. The summed E-state index contributed by atoms with van der Waals surface area (Å²) in [6.07, 6.45) is 4.57. The van der Waals surface area contributed by atoms with Crippen LogP contribution < -0.4 is 0 Å². The Kier molecular flexibility index (Phi) is 3.01. The number of hydrogen-bond acceptors (Lipinski definition) is 3. The maximum absolute atomic E-state index is 11.8. The molecular weight excluding hydrogens is 194 g/mol. The Morgan fingerprint density at radius 1 is 1.47 bits per heavy atom. The Morgan fingerprint density at radius 2 is 2.20 bits per heavy atom. The van der Waals surface area contributed by atoms with Crippen LogP contribution in [0, 0.1) is 0 Å². The molecule has 1 amide bonds. The zero-order valence-electron chi connectivity index (χ0n) is 8.54. The Labute approximate surface area is 88.3 Å². The average Bonchev–Trinajstić information content (AvgIpc) is 2.71. The van der Waals surface area contributed by atoms with Crippen LogP contribution in [0.3, 0.4) is 0 Å². The van der Waals surface area contributed by atoms with Crippen molar-refractivity contribution in [3.8, 4) is 0 Å². The molecule has 0 bridgehead atoms. The van der Waals surface area contributed by atoms with Crippen LogP contribution in [0.15, 0.2) is 18.5 Å². The lowest BCUT2D eigenvalue weighted by Gasteiger charge is -2.29. The first-order valence-electron chi connectivity index (χ1n) is 5.19.